The fourth-order valence-corrected chi connectivity index (χ4v) is 2.57. The number of carbonyl (C=O) groups is 1. The van der Waals surface area contributed by atoms with Gasteiger partial charge in [0.05, 0.1) is 0 Å². The van der Waals surface area contributed by atoms with Crippen molar-refractivity contribution < 1.29 is 4.79 Å². The molecule has 19 heavy (non-hydrogen) atoms. The minimum absolute atomic E-state index is 0.0666. The second-order valence-corrected chi connectivity index (χ2v) is 5.90. The molecule has 2 N–H and O–H groups in total. The van der Waals surface area contributed by atoms with E-state index in [1.165, 1.54) is 12.8 Å². The van der Waals surface area contributed by atoms with Crippen LogP contribution in [0.1, 0.15) is 51.6 Å². The van der Waals surface area contributed by atoms with Crippen molar-refractivity contribution in [2.75, 3.05) is 5.32 Å². The number of anilines is 1. The summed E-state index contributed by atoms with van der Waals surface area (Å²) in [5, 5.41) is 6.37. The van der Waals surface area contributed by atoms with Crippen LogP contribution in [0.3, 0.4) is 0 Å². The zero-order valence-electron chi connectivity index (χ0n) is 12.1. The Hall–Kier alpha value is -1.35. The zero-order valence-corrected chi connectivity index (χ0v) is 12.1. The third-order valence-corrected chi connectivity index (χ3v) is 3.66. The average Bonchev–Trinajstić information content (AvgIpc) is 2.66. The Morgan fingerprint density at radius 2 is 1.95 bits per heavy atom. The molecule has 3 heteroatoms. The lowest BCUT2D eigenvalue weighted by Crippen LogP contribution is -2.34. The standard InChI is InChI=1S/C16H24N2O/c1-11(2)7-6-8-12(3)17-15-13-9-4-5-10-14(13)18-16(15)19/h4-5,9-12,15,17H,6-8H2,1-3H3,(H,18,19). The van der Waals surface area contributed by atoms with Crippen molar-refractivity contribution in [3.63, 3.8) is 0 Å². The molecule has 2 unspecified atom stereocenters. The van der Waals surface area contributed by atoms with Gasteiger partial charge in [-0.1, -0.05) is 44.9 Å². The molecule has 1 amide bonds. The van der Waals surface area contributed by atoms with Gasteiger partial charge in [0.25, 0.3) is 0 Å². The summed E-state index contributed by atoms with van der Waals surface area (Å²) in [4.78, 5) is 12.0. The SMILES string of the molecule is CC(C)CCCC(C)NC1C(=O)Nc2ccccc21. The lowest BCUT2D eigenvalue weighted by Gasteiger charge is -2.18. The van der Waals surface area contributed by atoms with Crippen molar-refractivity contribution in [2.45, 2.75) is 52.1 Å². The van der Waals surface area contributed by atoms with Crippen LogP contribution < -0.4 is 10.6 Å². The molecule has 0 saturated carbocycles. The van der Waals surface area contributed by atoms with E-state index in [0.717, 1.165) is 23.6 Å². The highest BCUT2D eigenvalue weighted by Gasteiger charge is 2.30. The lowest BCUT2D eigenvalue weighted by atomic mass is 10.0. The molecule has 1 aliphatic rings. The van der Waals surface area contributed by atoms with Gasteiger partial charge in [0.2, 0.25) is 5.91 Å². The summed E-state index contributed by atoms with van der Waals surface area (Å²) in [5.41, 5.74) is 2.02. The van der Waals surface area contributed by atoms with E-state index >= 15 is 0 Å². The summed E-state index contributed by atoms with van der Waals surface area (Å²) in [6, 6.07) is 8.08. The molecular formula is C16H24N2O. The molecule has 0 fully saturated rings. The molecule has 1 aromatic carbocycles. The summed E-state index contributed by atoms with van der Waals surface area (Å²) in [6.07, 6.45) is 3.57. The van der Waals surface area contributed by atoms with Crippen LogP contribution in [0, 0.1) is 5.92 Å². The Bertz CT molecular complexity index is 442. The zero-order chi connectivity index (χ0) is 13.8. The van der Waals surface area contributed by atoms with Crippen LogP contribution in [-0.2, 0) is 4.79 Å². The molecule has 0 saturated heterocycles. The van der Waals surface area contributed by atoms with Crippen LogP contribution in [0.5, 0.6) is 0 Å². The van der Waals surface area contributed by atoms with Gasteiger partial charge in [-0.05, 0) is 25.3 Å². The predicted octanol–water partition coefficient (Wildman–Crippen LogP) is 3.48. The molecule has 0 aliphatic carbocycles. The van der Waals surface area contributed by atoms with Crippen molar-refractivity contribution in [2.24, 2.45) is 5.92 Å². The molecule has 1 aromatic rings. The molecule has 104 valence electrons. The van der Waals surface area contributed by atoms with Crippen molar-refractivity contribution >= 4 is 11.6 Å². The normalized spacial score (nSPS) is 19.4. The molecule has 0 aromatic heterocycles. The first kappa shape index (κ1) is 14.1. The van der Waals surface area contributed by atoms with E-state index in [1.807, 2.05) is 24.3 Å². The second-order valence-electron chi connectivity index (χ2n) is 5.90. The highest BCUT2D eigenvalue weighted by Crippen LogP contribution is 2.30. The van der Waals surface area contributed by atoms with Gasteiger partial charge in [0, 0.05) is 17.3 Å². The summed E-state index contributed by atoms with van der Waals surface area (Å²) in [6.45, 7) is 6.66. The maximum absolute atomic E-state index is 12.0. The third-order valence-electron chi connectivity index (χ3n) is 3.66. The van der Waals surface area contributed by atoms with Crippen molar-refractivity contribution in [3.8, 4) is 0 Å². The summed E-state index contributed by atoms with van der Waals surface area (Å²) in [5.74, 6) is 0.819. The third kappa shape index (κ3) is 3.57. The number of carbonyl (C=O) groups excluding carboxylic acids is 1. The highest BCUT2D eigenvalue weighted by molar-refractivity contribution is 6.02. The lowest BCUT2D eigenvalue weighted by molar-refractivity contribution is -0.117. The van der Waals surface area contributed by atoms with Gasteiger partial charge in [-0.25, -0.2) is 0 Å². The van der Waals surface area contributed by atoms with Crippen LogP contribution in [-0.4, -0.2) is 11.9 Å². The number of rotatable bonds is 6. The van der Waals surface area contributed by atoms with E-state index in [4.69, 9.17) is 0 Å². The first-order valence-corrected chi connectivity index (χ1v) is 7.23. The number of para-hydroxylation sites is 1. The van der Waals surface area contributed by atoms with Gasteiger partial charge < -0.3 is 5.32 Å². The quantitative estimate of drug-likeness (QED) is 0.822. The van der Waals surface area contributed by atoms with E-state index in [9.17, 15) is 4.79 Å². The number of fused-ring (bicyclic) bond motifs is 1. The average molecular weight is 260 g/mol. The molecule has 2 rings (SSSR count). The van der Waals surface area contributed by atoms with Crippen LogP contribution in [0.15, 0.2) is 24.3 Å². The van der Waals surface area contributed by atoms with Gasteiger partial charge in [0.1, 0.15) is 6.04 Å². The summed E-state index contributed by atoms with van der Waals surface area (Å²) < 4.78 is 0. The van der Waals surface area contributed by atoms with Crippen molar-refractivity contribution in [1.82, 2.24) is 5.32 Å². The maximum Gasteiger partial charge on any atom is 0.246 e. The summed E-state index contributed by atoms with van der Waals surface area (Å²) >= 11 is 0. The van der Waals surface area contributed by atoms with Crippen LogP contribution in [0.2, 0.25) is 0 Å². The predicted molar refractivity (Wildman–Crippen MR) is 79.1 cm³/mol. The minimum atomic E-state index is -0.190. The Labute approximate surface area is 115 Å². The van der Waals surface area contributed by atoms with Crippen LogP contribution in [0.25, 0.3) is 0 Å². The molecule has 3 nitrogen and oxygen atoms in total. The molecule has 1 heterocycles. The monoisotopic (exact) mass is 260 g/mol. The van der Waals surface area contributed by atoms with E-state index in [0.29, 0.717) is 6.04 Å². The Morgan fingerprint density at radius 3 is 2.68 bits per heavy atom. The van der Waals surface area contributed by atoms with Gasteiger partial charge in [-0.15, -0.1) is 0 Å². The van der Waals surface area contributed by atoms with Gasteiger partial charge in [0.15, 0.2) is 0 Å². The number of hydrogen-bond acceptors (Lipinski definition) is 2. The Balaban J connectivity index is 1.90. The Morgan fingerprint density at radius 1 is 1.21 bits per heavy atom. The van der Waals surface area contributed by atoms with E-state index in [2.05, 4.69) is 31.4 Å². The number of benzene rings is 1. The number of amides is 1. The topological polar surface area (TPSA) is 41.1 Å². The van der Waals surface area contributed by atoms with Crippen LogP contribution in [0.4, 0.5) is 5.69 Å². The first-order valence-electron chi connectivity index (χ1n) is 7.23. The second kappa shape index (κ2) is 6.20. The fourth-order valence-electron chi connectivity index (χ4n) is 2.57. The van der Waals surface area contributed by atoms with Crippen molar-refractivity contribution in [3.05, 3.63) is 29.8 Å². The number of nitrogens with one attached hydrogen (secondary N) is 2. The van der Waals surface area contributed by atoms with Crippen molar-refractivity contribution in [1.29, 1.82) is 0 Å². The number of hydrogen-bond donors (Lipinski definition) is 2. The molecular weight excluding hydrogens is 236 g/mol. The fraction of sp³-hybridized carbons (Fsp3) is 0.562. The minimum Gasteiger partial charge on any atom is -0.324 e. The molecule has 0 bridgehead atoms. The molecule has 2 atom stereocenters. The smallest absolute Gasteiger partial charge is 0.246 e. The van der Waals surface area contributed by atoms with Gasteiger partial charge in [-0.2, -0.15) is 0 Å². The largest absolute Gasteiger partial charge is 0.324 e. The molecule has 0 spiro atoms. The van der Waals surface area contributed by atoms with Gasteiger partial charge >= 0.3 is 0 Å². The maximum atomic E-state index is 12.0. The highest BCUT2D eigenvalue weighted by atomic mass is 16.2. The van der Waals surface area contributed by atoms with Crippen LogP contribution >= 0.6 is 0 Å². The summed E-state index contributed by atoms with van der Waals surface area (Å²) in [7, 11) is 0. The van der Waals surface area contributed by atoms with E-state index < -0.39 is 0 Å². The van der Waals surface area contributed by atoms with E-state index in [-0.39, 0.29) is 11.9 Å². The first-order chi connectivity index (χ1) is 9.08. The van der Waals surface area contributed by atoms with Gasteiger partial charge in [-0.3, -0.25) is 10.1 Å². The molecule has 1 aliphatic heterocycles. The van der Waals surface area contributed by atoms with E-state index in [1.54, 1.807) is 0 Å². The molecule has 0 radical (unpaired) electrons. The Kier molecular flexibility index (Phi) is 4.59.